The number of carbonyl (C=O) groups excluding carboxylic acids is 1. The Bertz CT molecular complexity index is 866. The molecule has 1 amide bonds. The lowest BCUT2D eigenvalue weighted by molar-refractivity contribution is -0.120. The van der Waals surface area contributed by atoms with Gasteiger partial charge in [-0.15, -0.1) is 12.4 Å². The fourth-order valence-corrected chi connectivity index (χ4v) is 2.87. The van der Waals surface area contributed by atoms with Crippen molar-refractivity contribution in [1.82, 2.24) is 10.6 Å². The van der Waals surface area contributed by atoms with Crippen LogP contribution in [0.2, 0.25) is 0 Å². The summed E-state index contributed by atoms with van der Waals surface area (Å²) >= 11 is 0. The molecule has 0 aliphatic rings. The molecule has 0 unspecified atom stereocenters. The summed E-state index contributed by atoms with van der Waals surface area (Å²) in [5, 5.41) is 5.88. The molecule has 0 heterocycles. The normalized spacial score (nSPS) is 10.1. The maximum Gasteiger partial charge on any atom is 0.224 e. The highest BCUT2D eigenvalue weighted by Gasteiger charge is 2.04. The first kappa shape index (κ1) is 22.5. The van der Waals surface area contributed by atoms with E-state index in [4.69, 9.17) is 4.74 Å². The lowest BCUT2D eigenvalue weighted by Gasteiger charge is -2.09. The van der Waals surface area contributed by atoms with Gasteiger partial charge < -0.3 is 15.4 Å². The summed E-state index contributed by atoms with van der Waals surface area (Å²) in [6.45, 7) is 1.92. The minimum Gasteiger partial charge on any atom is -0.489 e. The monoisotopic (exact) mass is 410 g/mol. The molecule has 5 heteroatoms. The number of likely N-dealkylation sites (N-methyl/N-ethyl adjacent to an activating group) is 1. The predicted octanol–water partition coefficient (Wildman–Crippen LogP) is 4.23. The van der Waals surface area contributed by atoms with E-state index in [0.29, 0.717) is 19.6 Å². The number of benzene rings is 3. The van der Waals surface area contributed by atoms with Crippen LogP contribution in [0.15, 0.2) is 78.9 Å². The van der Waals surface area contributed by atoms with Gasteiger partial charge in [-0.05, 0) is 41.4 Å². The van der Waals surface area contributed by atoms with Crippen molar-refractivity contribution in [2.45, 2.75) is 13.0 Å². The van der Waals surface area contributed by atoms with Gasteiger partial charge >= 0.3 is 0 Å². The zero-order valence-corrected chi connectivity index (χ0v) is 17.4. The Hall–Kier alpha value is -2.82. The van der Waals surface area contributed by atoms with Crippen molar-refractivity contribution < 1.29 is 9.53 Å². The summed E-state index contributed by atoms with van der Waals surface area (Å²) in [6.07, 6.45) is 0.380. The van der Waals surface area contributed by atoms with Crippen molar-refractivity contribution >= 4 is 18.3 Å². The molecule has 0 fully saturated rings. The number of halogens is 1. The third-order valence-electron chi connectivity index (χ3n) is 4.45. The highest BCUT2D eigenvalue weighted by Crippen LogP contribution is 2.20. The van der Waals surface area contributed by atoms with Crippen molar-refractivity contribution in [3.05, 3.63) is 90.0 Å². The summed E-state index contributed by atoms with van der Waals surface area (Å²) < 4.78 is 5.87. The SMILES string of the molecule is CNCCNC(=O)Cc1ccc(OCc2ccc(-c3ccccc3)cc2)cc1.Cl. The number of nitrogens with one attached hydrogen (secondary N) is 2. The number of carbonyl (C=O) groups is 1. The lowest BCUT2D eigenvalue weighted by atomic mass is 10.0. The minimum absolute atomic E-state index is 0. The third kappa shape index (κ3) is 7.26. The van der Waals surface area contributed by atoms with Gasteiger partial charge in [0.1, 0.15) is 12.4 Å². The van der Waals surface area contributed by atoms with E-state index in [1.165, 1.54) is 11.1 Å². The largest absolute Gasteiger partial charge is 0.489 e. The van der Waals surface area contributed by atoms with Gasteiger partial charge in [-0.3, -0.25) is 4.79 Å². The second kappa shape index (κ2) is 11.9. The topological polar surface area (TPSA) is 50.4 Å². The van der Waals surface area contributed by atoms with Crippen molar-refractivity contribution in [1.29, 1.82) is 0 Å². The Morgan fingerprint density at radius 3 is 2.07 bits per heavy atom. The molecular weight excluding hydrogens is 384 g/mol. The smallest absolute Gasteiger partial charge is 0.224 e. The van der Waals surface area contributed by atoms with E-state index < -0.39 is 0 Å². The van der Waals surface area contributed by atoms with Crippen LogP contribution in [0.4, 0.5) is 0 Å². The second-order valence-corrected chi connectivity index (χ2v) is 6.63. The zero-order valence-electron chi connectivity index (χ0n) is 16.6. The molecule has 0 spiro atoms. The Morgan fingerprint density at radius 1 is 0.793 bits per heavy atom. The van der Waals surface area contributed by atoms with Gasteiger partial charge in [0.05, 0.1) is 6.42 Å². The quantitative estimate of drug-likeness (QED) is 0.519. The highest BCUT2D eigenvalue weighted by molar-refractivity contribution is 5.85. The van der Waals surface area contributed by atoms with Crippen LogP contribution in [-0.2, 0) is 17.8 Å². The van der Waals surface area contributed by atoms with Gasteiger partial charge in [0, 0.05) is 13.1 Å². The summed E-state index contributed by atoms with van der Waals surface area (Å²) in [5.41, 5.74) is 4.50. The third-order valence-corrected chi connectivity index (χ3v) is 4.45. The van der Waals surface area contributed by atoms with E-state index >= 15 is 0 Å². The maximum absolute atomic E-state index is 11.8. The molecule has 152 valence electrons. The summed E-state index contributed by atoms with van der Waals surface area (Å²) in [6, 6.07) is 26.4. The fourth-order valence-electron chi connectivity index (χ4n) is 2.87. The van der Waals surface area contributed by atoms with Gasteiger partial charge in [0.25, 0.3) is 0 Å². The molecule has 2 N–H and O–H groups in total. The number of hydrogen-bond donors (Lipinski definition) is 2. The minimum atomic E-state index is 0. The zero-order chi connectivity index (χ0) is 19.6. The molecule has 0 atom stereocenters. The van der Waals surface area contributed by atoms with Crippen LogP contribution in [-0.4, -0.2) is 26.0 Å². The molecule has 29 heavy (non-hydrogen) atoms. The average molecular weight is 411 g/mol. The van der Waals surface area contributed by atoms with Gasteiger partial charge in [0.15, 0.2) is 0 Å². The van der Waals surface area contributed by atoms with E-state index in [0.717, 1.165) is 23.4 Å². The average Bonchev–Trinajstić information content (AvgIpc) is 2.74. The first-order valence-corrected chi connectivity index (χ1v) is 9.52. The van der Waals surface area contributed by atoms with Crippen LogP contribution in [0.3, 0.4) is 0 Å². The first-order chi connectivity index (χ1) is 13.7. The number of hydrogen-bond acceptors (Lipinski definition) is 3. The standard InChI is InChI=1S/C24H26N2O2.ClH/c1-25-15-16-26-24(27)17-19-9-13-23(14-10-19)28-18-20-7-11-22(12-8-20)21-5-3-2-4-6-21;/h2-14,25H,15-18H2,1H3,(H,26,27);1H. The predicted molar refractivity (Wildman–Crippen MR) is 121 cm³/mol. The molecule has 0 saturated heterocycles. The Morgan fingerprint density at radius 2 is 1.41 bits per heavy atom. The van der Waals surface area contributed by atoms with Crippen LogP contribution in [0.25, 0.3) is 11.1 Å². The van der Waals surface area contributed by atoms with E-state index in [1.54, 1.807) is 0 Å². The van der Waals surface area contributed by atoms with Crippen molar-refractivity contribution in [3.63, 3.8) is 0 Å². The molecule has 4 nitrogen and oxygen atoms in total. The van der Waals surface area contributed by atoms with Crippen molar-refractivity contribution in [2.24, 2.45) is 0 Å². The molecule has 3 aromatic rings. The van der Waals surface area contributed by atoms with Gasteiger partial charge in [-0.25, -0.2) is 0 Å². The van der Waals surface area contributed by atoms with E-state index in [1.807, 2.05) is 49.5 Å². The van der Waals surface area contributed by atoms with E-state index in [-0.39, 0.29) is 18.3 Å². The van der Waals surface area contributed by atoms with Gasteiger partial charge in [0.2, 0.25) is 5.91 Å². The molecule has 0 saturated carbocycles. The van der Waals surface area contributed by atoms with E-state index in [9.17, 15) is 4.79 Å². The van der Waals surface area contributed by atoms with Crippen LogP contribution >= 0.6 is 12.4 Å². The molecule has 0 aromatic heterocycles. The number of ether oxygens (including phenoxy) is 1. The van der Waals surface area contributed by atoms with E-state index in [2.05, 4.69) is 47.0 Å². The molecule has 3 rings (SSSR count). The Labute approximate surface area is 178 Å². The van der Waals surface area contributed by atoms with Crippen LogP contribution in [0.5, 0.6) is 5.75 Å². The molecular formula is C24H27ClN2O2. The Kier molecular flexibility index (Phi) is 9.22. The highest BCUT2D eigenvalue weighted by atomic mass is 35.5. The molecule has 0 bridgehead atoms. The van der Waals surface area contributed by atoms with Crippen LogP contribution < -0.4 is 15.4 Å². The fraction of sp³-hybridized carbons (Fsp3) is 0.208. The van der Waals surface area contributed by atoms with Gasteiger partial charge in [-0.1, -0.05) is 66.7 Å². The maximum atomic E-state index is 11.8. The summed E-state index contributed by atoms with van der Waals surface area (Å²) in [4.78, 5) is 11.8. The molecule has 3 aromatic carbocycles. The van der Waals surface area contributed by atoms with Crippen LogP contribution in [0.1, 0.15) is 11.1 Å². The Balaban J connectivity index is 0.00000300. The number of amides is 1. The summed E-state index contributed by atoms with van der Waals surface area (Å²) in [7, 11) is 1.86. The molecule has 0 aliphatic carbocycles. The van der Waals surface area contributed by atoms with Crippen molar-refractivity contribution in [2.75, 3.05) is 20.1 Å². The second-order valence-electron chi connectivity index (χ2n) is 6.63. The molecule has 0 aliphatic heterocycles. The van der Waals surface area contributed by atoms with Gasteiger partial charge in [-0.2, -0.15) is 0 Å². The lowest BCUT2D eigenvalue weighted by Crippen LogP contribution is -2.31. The molecule has 0 radical (unpaired) electrons. The summed E-state index contributed by atoms with van der Waals surface area (Å²) in [5.74, 6) is 0.828. The first-order valence-electron chi connectivity index (χ1n) is 9.52. The van der Waals surface area contributed by atoms with Crippen LogP contribution in [0, 0.1) is 0 Å². The van der Waals surface area contributed by atoms with Crippen molar-refractivity contribution in [3.8, 4) is 16.9 Å². The number of rotatable bonds is 9.